The number of rotatable bonds is 8. The lowest BCUT2D eigenvalue weighted by atomic mass is 9.95. The van der Waals surface area contributed by atoms with E-state index < -0.39 is 0 Å². The molecule has 1 N–H and O–H groups in total. The van der Waals surface area contributed by atoms with E-state index in [1.165, 1.54) is 0 Å². The second-order valence-electron chi connectivity index (χ2n) is 8.02. The van der Waals surface area contributed by atoms with Gasteiger partial charge in [-0.2, -0.15) is 0 Å². The zero-order valence-corrected chi connectivity index (χ0v) is 19.1. The second-order valence-corrected chi connectivity index (χ2v) is 8.02. The van der Waals surface area contributed by atoms with Gasteiger partial charge in [-0.15, -0.1) is 0 Å². The summed E-state index contributed by atoms with van der Waals surface area (Å²) in [7, 11) is 1.60. The molecule has 0 saturated carbocycles. The van der Waals surface area contributed by atoms with Gasteiger partial charge in [0.05, 0.1) is 7.11 Å². The molecule has 1 fully saturated rings. The maximum Gasteiger partial charge on any atom is 0.260 e. The molecule has 7 nitrogen and oxygen atoms in total. The lowest BCUT2D eigenvalue weighted by Gasteiger charge is -2.31. The number of carbonyl (C=O) groups excluding carboxylic acids is 2. The van der Waals surface area contributed by atoms with Crippen molar-refractivity contribution < 1.29 is 23.8 Å². The molecule has 1 aliphatic rings. The van der Waals surface area contributed by atoms with Crippen molar-refractivity contribution in [3.8, 4) is 23.0 Å². The van der Waals surface area contributed by atoms with Crippen LogP contribution in [-0.4, -0.2) is 43.5 Å². The standard InChI is InChI=1S/C27H28N2O5/c1-32-24-9-5-6-10-25(24)34-23-13-11-21(12-14-23)28-27(31)20-15-17-29(18-16-20)26(30)19-33-22-7-3-2-4-8-22/h2-14,20H,15-19H2,1H3,(H,28,31). The number of hydrogen-bond donors (Lipinski definition) is 1. The van der Waals surface area contributed by atoms with Gasteiger partial charge in [0, 0.05) is 24.7 Å². The number of hydrogen-bond acceptors (Lipinski definition) is 5. The normalized spacial score (nSPS) is 13.7. The van der Waals surface area contributed by atoms with Crippen LogP contribution < -0.4 is 19.5 Å². The molecule has 7 heteroatoms. The lowest BCUT2D eigenvalue weighted by molar-refractivity contribution is -0.136. The fraction of sp³-hybridized carbons (Fsp3) is 0.259. The summed E-state index contributed by atoms with van der Waals surface area (Å²) in [6.07, 6.45) is 1.25. The van der Waals surface area contributed by atoms with Gasteiger partial charge in [-0.3, -0.25) is 9.59 Å². The molecule has 1 aliphatic heterocycles. The van der Waals surface area contributed by atoms with Crippen molar-refractivity contribution in [2.75, 3.05) is 32.1 Å². The summed E-state index contributed by atoms with van der Waals surface area (Å²) in [5, 5.41) is 2.97. The Kier molecular flexibility index (Phi) is 7.65. The van der Waals surface area contributed by atoms with Crippen LogP contribution in [0.15, 0.2) is 78.9 Å². The number of amides is 2. The van der Waals surface area contributed by atoms with Crippen LogP contribution in [0, 0.1) is 5.92 Å². The number of methoxy groups -OCH3 is 1. The van der Waals surface area contributed by atoms with Crippen LogP contribution in [0.4, 0.5) is 5.69 Å². The van der Waals surface area contributed by atoms with Crippen LogP contribution in [0.25, 0.3) is 0 Å². The van der Waals surface area contributed by atoms with E-state index in [9.17, 15) is 9.59 Å². The van der Waals surface area contributed by atoms with E-state index in [4.69, 9.17) is 14.2 Å². The molecule has 176 valence electrons. The number of piperidine rings is 1. The van der Waals surface area contributed by atoms with E-state index in [1.54, 1.807) is 24.1 Å². The van der Waals surface area contributed by atoms with Crippen molar-refractivity contribution in [1.82, 2.24) is 4.90 Å². The number of ether oxygens (including phenoxy) is 3. The van der Waals surface area contributed by atoms with Gasteiger partial charge in [-0.25, -0.2) is 0 Å². The van der Waals surface area contributed by atoms with Gasteiger partial charge < -0.3 is 24.4 Å². The highest BCUT2D eigenvalue weighted by atomic mass is 16.5. The fourth-order valence-corrected chi connectivity index (χ4v) is 3.82. The maximum atomic E-state index is 12.7. The molecule has 3 aromatic carbocycles. The molecule has 4 rings (SSSR count). The number of nitrogens with zero attached hydrogens (tertiary/aromatic N) is 1. The van der Waals surface area contributed by atoms with Crippen LogP contribution in [0.3, 0.4) is 0 Å². The molecule has 0 unspecified atom stereocenters. The average molecular weight is 461 g/mol. The van der Waals surface area contributed by atoms with Gasteiger partial charge in [0.25, 0.3) is 5.91 Å². The van der Waals surface area contributed by atoms with E-state index in [0.29, 0.717) is 54.6 Å². The van der Waals surface area contributed by atoms with Crippen molar-refractivity contribution in [2.45, 2.75) is 12.8 Å². The molecule has 0 aromatic heterocycles. The van der Waals surface area contributed by atoms with Crippen molar-refractivity contribution >= 4 is 17.5 Å². The third-order valence-electron chi connectivity index (χ3n) is 5.74. The first-order valence-electron chi connectivity index (χ1n) is 11.3. The van der Waals surface area contributed by atoms with Crippen LogP contribution >= 0.6 is 0 Å². The summed E-state index contributed by atoms with van der Waals surface area (Å²) in [4.78, 5) is 26.9. The maximum absolute atomic E-state index is 12.7. The summed E-state index contributed by atoms with van der Waals surface area (Å²) >= 11 is 0. The highest BCUT2D eigenvalue weighted by Crippen LogP contribution is 2.31. The van der Waals surface area contributed by atoms with Crippen molar-refractivity contribution in [1.29, 1.82) is 0 Å². The Labute approximate surface area is 199 Å². The highest BCUT2D eigenvalue weighted by molar-refractivity contribution is 5.92. The van der Waals surface area contributed by atoms with Crippen molar-refractivity contribution in [3.63, 3.8) is 0 Å². The summed E-state index contributed by atoms with van der Waals surface area (Å²) in [6.45, 7) is 1.09. The van der Waals surface area contributed by atoms with Crippen LogP contribution in [0.1, 0.15) is 12.8 Å². The molecule has 0 aliphatic carbocycles. The van der Waals surface area contributed by atoms with E-state index >= 15 is 0 Å². The predicted molar refractivity (Wildman–Crippen MR) is 129 cm³/mol. The molecule has 0 atom stereocenters. The average Bonchev–Trinajstić information content (AvgIpc) is 2.89. The molecule has 1 heterocycles. The Hall–Kier alpha value is -4.00. The SMILES string of the molecule is COc1ccccc1Oc1ccc(NC(=O)C2CCN(C(=O)COc3ccccc3)CC2)cc1. The molecule has 34 heavy (non-hydrogen) atoms. The molecule has 3 aromatic rings. The molecule has 0 spiro atoms. The van der Waals surface area contributed by atoms with E-state index in [2.05, 4.69) is 5.32 Å². The number of likely N-dealkylation sites (tertiary alicyclic amines) is 1. The zero-order chi connectivity index (χ0) is 23.8. The molecular formula is C27H28N2O5. The minimum atomic E-state index is -0.136. The van der Waals surface area contributed by atoms with Crippen molar-refractivity contribution in [3.05, 3.63) is 78.9 Å². The fourth-order valence-electron chi connectivity index (χ4n) is 3.82. The lowest BCUT2D eigenvalue weighted by Crippen LogP contribution is -2.43. The van der Waals surface area contributed by atoms with E-state index in [0.717, 1.165) is 0 Å². The van der Waals surface area contributed by atoms with Crippen LogP contribution in [0.2, 0.25) is 0 Å². The summed E-state index contributed by atoms with van der Waals surface area (Å²) in [5.74, 6) is 2.35. The Morgan fingerprint density at radius 3 is 2.18 bits per heavy atom. The molecule has 2 amide bonds. The summed E-state index contributed by atoms with van der Waals surface area (Å²) < 4.78 is 16.7. The number of benzene rings is 3. The summed E-state index contributed by atoms with van der Waals surface area (Å²) in [6, 6.07) is 23.9. The smallest absolute Gasteiger partial charge is 0.260 e. The molecule has 0 bridgehead atoms. The quantitative estimate of drug-likeness (QED) is 0.525. The van der Waals surface area contributed by atoms with Crippen molar-refractivity contribution in [2.24, 2.45) is 5.92 Å². The largest absolute Gasteiger partial charge is 0.493 e. The first-order chi connectivity index (χ1) is 16.6. The Bertz CT molecular complexity index is 1090. The number of nitrogens with one attached hydrogen (secondary N) is 1. The minimum absolute atomic E-state index is 0.00412. The van der Waals surface area contributed by atoms with Gasteiger partial charge in [0.15, 0.2) is 18.1 Å². The Morgan fingerprint density at radius 2 is 1.50 bits per heavy atom. The third kappa shape index (κ3) is 6.07. The zero-order valence-electron chi connectivity index (χ0n) is 19.1. The highest BCUT2D eigenvalue weighted by Gasteiger charge is 2.27. The predicted octanol–water partition coefficient (Wildman–Crippen LogP) is 4.74. The topological polar surface area (TPSA) is 77.1 Å². The third-order valence-corrected chi connectivity index (χ3v) is 5.74. The monoisotopic (exact) mass is 460 g/mol. The first kappa shape index (κ1) is 23.2. The minimum Gasteiger partial charge on any atom is -0.493 e. The van der Waals surface area contributed by atoms with Gasteiger partial charge in [-0.05, 0) is 61.4 Å². The number of anilines is 1. The van der Waals surface area contributed by atoms with Gasteiger partial charge in [0.2, 0.25) is 5.91 Å². The van der Waals surface area contributed by atoms with Gasteiger partial charge >= 0.3 is 0 Å². The Morgan fingerprint density at radius 1 is 0.853 bits per heavy atom. The Balaban J connectivity index is 1.23. The summed E-state index contributed by atoms with van der Waals surface area (Å²) in [5.41, 5.74) is 0.701. The first-order valence-corrected chi connectivity index (χ1v) is 11.3. The molecule has 1 saturated heterocycles. The van der Waals surface area contributed by atoms with Gasteiger partial charge in [-0.1, -0.05) is 30.3 Å². The van der Waals surface area contributed by atoms with E-state index in [-0.39, 0.29) is 24.3 Å². The molecular weight excluding hydrogens is 432 g/mol. The van der Waals surface area contributed by atoms with Crippen LogP contribution in [0.5, 0.6) is 23.0 Å². The van der Waals surface area contributed by atoms with Crippen LogP contribution in [-0.2, 0) is 9.59 Å². The molecule has 0 radical (unpaired) electrons. The number of carbonyl (C=O) groups is 2. The van der Waals surface area contributed by atoms with E-state index in [1.807, 2.05) is 66.7 Å². The number of para-hydroxylation sites is 3. The van der Waals surface area contributed by atoms with Gasteiger partial charge in [0.1, 0.15) is 11.5 Å². The second kappa shape index (κ2) is 11.2.